The Morgan fingerprint density at radius 3 is 2.50 bits per heavy atom. The van der Waals surface area contributed by atoms with Crippen LogP contribution in [0.25, 0.3) is 0 Å². The van der Waals surface area contributed by atoms with E-state index >= 15 is 0 Å². The minimum absolute atomic E-state index is 0.143. The van der Waals surface area contributed by atoms with Gasteiger partial charge in [0.25, 0.3) is 0 Å². The first-order valence-electron chi connectivity index (χ1n) is 8.14. The molecule has 4 heteroatoms. The molecule has 112 valence electrons. The lowest BCUT2D eigenvalue weighted by molar-refractivity contribution is 0.233. The predicted octanol–water partition coefficient (Wildman–Crippen LogP) is 3.67. The zero-order valence-electron chi connectivity index (χ0n) is 13.1. The molecule has 3 rings (SSSR count). The van der Waals surface area contributed by atoms with E-state index in [-0.39, 0.29) is 6.04 Å². The highest BCUT2D eigenvalue weighted by Crippen LogP contribution is 2.49. The summed E-state index contributed by atoms with van der Waals surface area (Å²) in [5.74, 6) is 4.64. The summed E-state index contributed by atoms with van der Waals surface area (Å²) >= 11 is 0. The van der Waals surface area contributed by atoms with Crippen LogP contribution in [0.3, 0.4) is 0 Å². The minimum atomic E-state index is 0.143. The molecule has 2 aliphatic carbocycles. The topological polar surface area (TPSA) is 51.0 Å². The summed E-state index contributed by atoms with van der Waals surface area (Å²) in [5.41, 5.74) is 0. The second-order valence-corrected chi connectivity index (χ2v) is 7.16. The second kappa shape index (κ2) is 5.47. The number of rotatable bonds is 5. The van der Waals surface area contributed by atoms with Gasteiger partial charge in [-0.05, 0) is 50.9 Å². The van der Waals surface area contributed by atoms with E-state index in [1.54, 1.807) is 0 Å². The number of nitrogens with zero attached hydrogens (tertiary/aromatic N) is 2. The van der Waals surface area contributed by atoms with Gasteiger partial charge in [0, 0.05) is 12.0 Å². The molecule has 1 aromatic heterocycles. The molecule has 2 aliphatic rings. The van der Waals surface area contributed by atoms with Crippen LogP contribution in [0.1, 0.15) is 77.1 Å². The van der Waals surface area contributed by atoms with Crippen molar-refractivity contribution in [3.8, 4) is 0 Å². The van der Waals surface area contributed by atoms with Crippen LogP contribution in [-0.4, -0.2) is 16.2 Å². The van der Waals surface area contributed by atoms with Crippen molar-refractivity contribution < 1.29 is 4.52 Å². The fourth-order valence-electron chi connectivity index (χ4n) is 4.15. The third-order valence-electron chi connectivity index (χ3n) is 5.29. The SMILES string of the molecule is CC(C)c1noc([C@H](C)N[C@@H](C)[C@@H]2C[C@H]3CC[C@H]2C3)n1. The molecule has 0 aliphatic heterocycles. The Morgan fingerprint density at radius 2 is 1.95 bits per heavy atom. The van der Waals surface area contributed by atoms with Crippen LogP contribution < -0.4 is 5.32 Å². The van der Waals surface area contributed by atoms with Crippen molar-refractivity contribution in [2.24, 2.45) is 17.8 Å². The molecule has 20 heavy (non-hydrogen) atoms. The van der Waals surface area contributed by atoms with Crippen LogP contribution in [0.5, 0.6) is 0 Å². The maximum Gasteiger partial charge on any atom is 0.243 e. The zero-order chi connectivity index (χ0) is 14.3. The van der Waals surface area contributed by atoms with Gasteiger partial charge >= 0.3 is 0 Å². The van der Waals surface area contributed by atoms with Crippen molar-refractivity contribution in [1.29, 1.82) is 0 Å². The van der Waals surface area contributed by atoms with E-state index in [0.29, 0.717) is 12.0 Å². The Bertz CT molecular complexity index is 456. The van der Waals surface area contributed by atoms with E-state index in [1.165, 1.54) is 25.7 Å². The van der Waals surface area contributed by atoms with E-state index < -0.39 is 0 Å². The lowest BCUT2D eigenvalue weighted by atomic mass is 9.84. The Labute approximate surface area is 121 Å². The average Bonchev–Trinajstić information content (AvgIpc) is 3.14. The first-order chi connectivity index (χ1) is 9.54. The fraction of sp³-hybridized carbons (Fsp3) is 0.875. The highest BCUT2D eigenvalue weighted by Gasteiger charge is 2.42. The van der Waals surface area contributed by atoms with Gasteiger partial charge in [-0.1, -0.05) is 25.4 Å². The monoisotopic (exact) mass is 277 g/mol. The van der Waals surface area contributed by atoms with Crippen LogP contribution >= 0.6 is 0 Å². The van der Waals surface area contributed by atoms with Gasteiger partial charge in [0.15, 0.2) is 5.82 Å². The summed E-state index contributed by atoms with van der Waals surface area (Å²) in [6.07, 6.45) is 5.77. The predicted molar refractivity (Wildman–Crippen MR) is 78.3 cm³/mol. The molecule has 1 aromatic rings. The molecule has 5 atom stereocenters. The summed E-state index contributed by atoms with van der Waals surface area (Å²) in [6.45, 7) is 8.62. The first-order valence-corrected chi connectivity index (χ1v) is 8.14. The quantitative estimate of drug-likeness (QED) is 0.892. The van der Waals surface area contributed by atoms with Gasteiger partial charge in [0.2, 0.25) is 5.89 Å². The van der Waals surface area contributed by atoms with Crippen molar-refractivity contribution in [3.05, 3.63) is 11.7 Å². The van der Waals surface area contributed by atoms with Crippen LogP contribution in [-0.2, 0) is 0 Å². The molecule has 2 bridgehead atoms. The summed E-state index contributed by atoms with van der Waals surface area (Å²) in [6, 6.07) is 0.679. The maximum absolute atomic E-state index is 5.39. The summed E-state index contributed by atoms with van der Waals surface area (Å²) < 4.78 is 5.39. The minimum Gasteiger partial charge on any atom is -0.338 e. The fourth-order valence-corrected chi connectivity index (χ4v) is 4.15. The van der Waals surface area contributed by atoms with Gasteiger partial charge in [-0.3, -0.25) is 0 Å². The molecular formula is C16H27N3O. The molecule has 4 nitrogen and oxygen atoms in total. The summed E-state index contributed by atoms with van der Waals surface area (Å²) in [5, 5.41) is 7.73. The molecule has 0 aromatic carbocycles. The van der Waals surface area contributed by atoms with Crippen LogP contribution in [0.2, 0.25) is 0 Å². The molecule has 0 radical (unpaired) electrons. The Balaban J connectivity index is 1.59. The number of fused-ring (bicyclic) bond motifs is 2. The second-order valence-electron chi connectivity index (χ2n) is 7.16. The largest absolute Gasteiger partial charge is 0.338 e. The molecule has 0 spiro atoms. The standard InChI is InChI=1S/C16H27N3O/c1-9(2)15-18-16(20-19-15)11(4)17-10(3)14-8-12-5-6-13(14)7-12/h9-14,17H,5-8H2,1-4H3/t10-,11-,12-,13-,14-/m0/s1. The van der Waals surface area contributed by atoms with E-state index in [0.717, 1.165) is 29.5 Å². The number of nitrogens with one attached hydrogen (secondary N) is 1. The Hall–Kier alpha value is -0.900. The van der Waals surface area contributed by atoms with Crippen LogP contribution in [0.4, 0.5) is 0 Å². The molecule has 0 unspecified atom stereocenters. The van der Waals surface area contributed by atoms with Crippen LogP contribution in [0, 0.1) is 17.8 Å². The molecule has 0 saturated heterocycles. The van der Waals surface area contributed by atoms with E-state index in [4.69, 9.17) is 4.52 Å². The molecule has 0 amide bonds. The molecule has 2 saturated carbocycles. The van der Waals surface area contributed by atoms with Crippen LogP contribution in [0.15, 0.2) is 4.52 Å². The van der Waals surface area contributed by atoms with Crippen molar-refractivity contribution in [3.63, 3.8) is 0 Å². The highest BCUT2D eigenvalue weighted by molar-refractivity contribution is 4.98. The normalized spacial score (nSPS) is 31.9. The van der Waals surface area contributed by atoms with Gasteiger partial charge in [-0.15, -0.1) is 0 Å². The smallest absolute Gasteiger partial charge is 0.243 e. The first kappa shape index (κ1) is 14.1. The van der Waals surface area contributed by atoms with Gasteiger partial charge < -0.3 is 9.84 Å². The Morgan fingerprint density at radius 1 is 1.15 bits per heavy atom. The zero-order valence-corrected chi connectivity index (χ0v) is 13.1. The van der Waals surface area contributed by atoms with Gasteiger partial charge in [-0.2, -0.15) is 4.98 Å². The maximum atomic E-state index is 5.39. The average molecular weight is 277 g/mol. The van der Waals surface area contributed by atoms with Crippen molar-refractivity contribution >= 4 is 0 Å². The lowest BCUT2D eigenvalue weighted by Crippen LogP contribution is -2.37. The number of hydrogen-bond acceptors (Lipinski definition) is 4. The highest BCUT2D eigenvalue weighted by atomic mass is 16.5. The van der Waals surface area contributed by atoms with E-state index in [9.17, 15) is 0 Å². The van der Waals surface area contributed by atoms with Gasteiger partial charge in [0.1, 0.15) is 0 Å². The van der Waals surface area contributed by atoms with Crippen molar-refractivity contribution in [2.75, 3.05) is 0 Å². The van der Waals surface area contributed by atoms with E-state index in [2.05, 4.69) is 43.2 Å². The molecular weight excluding hydrogens is 250 g/mol. The Kier molecular flexibility index (Phi) is 3.85. The van der Waals surface area contributed by atoms with Crippen molar-refractivity contribution in [1.82, 2.24) is 15.5 Å². The lowest BCUT2D eigenvalue weighted by Gasteiger charge is -2.30. The summed E-state index contributed by atoms with van der Waals surface area (Å²) in [4.78, 5) is 4.50. The van der Waals surface area contributed by atoms with E-state index in [1.807, 2.05) is 0 Å². The third-order valence-corrected chi connectivity index (χ3v) is 5.29. The third kappa shape index (κ3) is 2.62. The summed E-state index contributed by atoms with van der Waals surface area (Å²) in [7, 11) is 0. The molecule has 1 heterocycles. The van der Waals surface area contributed by atoms with Gasteiger partial charge in [-0.25, -0.2) is 0 Å². The van der Waals surface area contributed by atoms with Crippen molar-refractivity contribution in [2.45, 2.75) is 71.4 Å². The molecule has 2 fully saturated rings. The molecule has 1 N–H and O–H groups in total. The van der Waals surface area contributed by atoms with Gasteiger partial charge in [0.05, 0.1) is 6.04 Å². The number of aromatic nitrogens is 2. The number of hydrogen-bond donors (Lipinski definition) is 1.